The number of aromatic nitrogens is 1. The zero-order valence-corrected chi connectivity index (χ0v) is 15.8. The first-order valence-corrected chi connectivity index (χ1v) is 8.83. The molecule has 1 aliphatic heterocycles. The predicted octanol–water partition coefficient (Wildman–Crippen LogP) is 3.12. The van der Waals surface area contributed by atoms with Crippen molar-refractivity contribution in [3.63, 3.8) is 0 Å². The predicted molar refractivity (Wildman–Crippen MR) is 101 cm³/mol. The van der Waals surface area contributed by atoms with E-state index in [2.05, 4.69) is 26.2 Å². The van der Waals surface area contributed by atoms with E-state index in [0.717, 1.165) is 15.7 Å². The number of nitrogens with two attached hydrogens (primary N) is 1. The molecule has 1 aliphatic rings. The molecule has 2 aromatic rings. The van der Waals surface area contributed by atoms with Crippen molar-refractivity contribution in [2.45, 2.75) is 19.4 Å². The number of aryl methyl sites for hydroxylation is 1. The average Bonchev–Trinajstić information content (AvgIpc) is 2.93. The zero-order valence-electron chi connectivity index (χ0n) is 13.4. The minimum absolute atomic E-state index is 0.0430. The Morgan fingerprint density at radius 3 is 2.84 bits per heavy atom. The van der Waals surface area contributed by atoms with E-state index in [1.54, 1.807) is 4.90 Å². The first kappa shape index (κ1) is 17.7. The number of benzene rings is 1. The summed E-state index contributed by atoms with van der Waals surface area (Å²) in [7, 11) is 0. The van der Waals surface area contributed by atoms with E-state index in [1.807, 2.05) is 25.1 Å². The highest BCUT2D eigenvalue weighted by Gasteiger charge is 2.33. The van der Waals surface area contributed by atoms with E-state index < -0.39 is 11.9 Å². The molecule has 0 radical (unpaired) electrons. The lowest BCUT2D eigenvalue weighted by atomic mass is 10.2. The van der Waals surface area contributed by atoms with Crippen molar-refractivity contribution in [2.24, 2.45) is 5.73 Å². The van der Waals surface area contributed by atoms with Gasteiger partial charge in [0.2, 0.25) is 11.8 Å². The summed E-state index contributed by atoms with van der Waals surface area (Å²) in [6, 6.07) is 6.82. The van der Waals surface area contributed by atoms with Crippen molar-refractivity contribution in [1.29, 1.82) is 0 Å². The fraction of sp³-hybridized carbons (Fsp3) is 0.235. The van der Waals surface area contributed by atoms with Crippen LogP contribution in [0.3, 0.4) is 0 Å². The molecule has 130 valence electrons. The largest absolute Gasteiger partial charge is 0.366 e. The molecule has 1 saturated heterocycles. The topological polar surface area (TPSA) is 88.3 Å². The zero-order chi connectivity index (χ0) is 18.1. The molecule has 0 saturated carbocycles. The molecule has 0 aliphatic carbocycles. The lowest BCUT2D eigenvalue weighted by molar-refractivity contribution is -0.117. The van der Waals surface area contributed by atoms with Crippen LogP contribution in [-0.4, -0.2) is 29.4 Å². The number of halogens is 2. The minimum atomic E-state index is -0.602. The summed E-state index contributed by atoms with van der Waals surface area (Å²) in [5.74, 6) is -0.285. The van der Waals surface area contributed by atoms with Crippen molar-refractivity contribution in [2.75, 3.05) is 16.8 Å². The van der Waals surface area contributed by atoms with E-state index in [9.17, 15) is 9.59 Å². The van der Waals surface area contributed by atoms with Gasteiger partial charge in [-0.2, -0.15) is 0 Å². The molecule has 6 nitrogen and oxygen atoms in total. The maximum atomic E-state index is 12.7. The Hall–Kier alpha value is -2.12. The molecule has 3 N–H and O–H groups in total. The van der Waals surface area contributed by atoms with E-state index in [1.165, 1.54) is 12.3 Å². The molecule has 1 fully saturated rings. The van der Waals surface area contributed by atoms with Crippen molar-refractivity contribution in [1.82, 2.24) is 4.98 Å². The molecule has 0 spiro atoms. The van der Waals surface area contributed by atoms with Crippen LogP contribution < -0.4 is 16.0 Å². The number of anilines is 2. The van der Waals surface area contributed by atoms with Crippen LogP contribution in [0.15, 0.2) is 34.9 Å². The highest BCUT2D eigenvalue weighted by atomic mass is 79.9. The van der Waals surface area contributed by atoms with Gasteiger partial charge in [-0.3, -0.25) is 9.59 Å². The second-order valence-corrected chi connectivity index (χ2v) is 7.09. The Bertz CT molecular complexity index is 859. The average molecular weight is 424 g/mol. The SMILES string of the molecule is Cc1cc(N2CCC(Nc3ncc(C(N)=O)cc3Cl)C2=O)ccc1Br. The van der Waals surface area contributed by atoms with Crippen LogP contribution in [0.25, 0.3) is 0 Å². The summed E-state index contributed by atoms with van der Waals surface area (Å²) in [6.07, 6.45) is 1.97. The Kier molecular flexibility index (Phi) is 4.96. The quantitative estimate of drug-likeness (QED) is 0.791. The number of nitrogens with zero attached hydrogens (tertiary/aromatic N) is 2. The maximum absolute atomic E-state index is 12.7. The number of carbonyl (C=O) groups excluding carboxylic acids is 2. The molecule has 1 unspecified atom stereocenters. The Morgan fingerprint density at radius 2 is 2.20 bits per heavy atom. The highest BCUT2D eigenvalue weighted by Crippen LogP contribution is 2.28. The van der Waals surface area contributed by atoms with E-state index in [0.29, 0.717) is 18.8 Å². The lowest BCUT2D eigenvalue weighted by Crippen LogP contribution is -2.33. The summed E-state index contributed by atoms with van der Waals surface area (Å²) in [4.78, 5) is 29.7. The fourth-order valence-electron chi connectivity index (χ4n) is 2.71. The molecule has 1 aromatic carbocycles. The van der Waals surface area contributed by atoms with Gasteiger partial charge in [0.05, 0.1) is 10.6 Å². The molecule has 1 aromatic heterocycles. The van der Waals surface area contributed by atoms with Gasteiger partial charge in [-0.05, 0) is 43.2 Å². The highest BCUT2D eigenvalue weighted by molar-refractivity contribution is 9.10. The molecule has 0 bridgehead atoms. The van der Waals surface area contributed by atoms with Gasteiger partial charge in [0.15, 0.2) is 0 Å². The number of pyridine rings is 1. The molecule has 3 rings (SSSR count). The van der Waals surface area contributed by atoms with Crippen LogP contribution in [0.1, 0.15) is 22.3 Å². The monoisotopic (exact) mass is 422 g/mol. The van der Waals surface area contributed by atoms with Crippen LogP contribution in [0, 0.1) is 6.92 Å². The van der Waals surface area contributed by atoms with Crippen molar-refractivity contribution in [3.8, 4) is 0 Å². The van der Waals surface area contributed by atoms with Gasteiger partial charge < -0.3 is 16.0 Å². The summed E-state index contributed by atoms with van der Waals surface area (Å²) in [5.41, 5.74) is 7.35. The number of hydrogen-bond acceptors (Lipinski definition) is 4. The number of amides is 2. The third-order valence-corrected chi connectivity index (χ3v) is 5.27. The minimum Gasteiger partial charge on any atom is -0.366 e. The van der Waals surface area contributed by atoms with Crippen molar-refractivity contribution in [3.05, 3.63) is 51.1 Å². The number of carbonyl (C=O) groups is 2. The molecule has 8 heteroatoms. The first-order valence-electron chi connectivity index (χ1n) is 7.66. The van der Waals surface area contributed by atoms with E-state index in [-0.39, 0.29) is 16.5 Å². The molecular formula is C17H16BrClN4O2. The van der Waals surface area contributed by atoms with Gasteiger partial charge in [-0.25, -0.2) is 4.98 Å². The number of nitrogens with one attached hydrogen (secondary N) is 1. The van der Waals surface area contributed by atoms with Crippen LogP contribution in [-0.2, 0) is 4.79 Å². The Balaban J connectivity index is 1.76. The van der Waals surface area contributed by atoms with Gasteiger partial charge in [0.25, 0.3) is 0 Å². The van der Waals surface area contributed by atoms with Gasteiger partial charge >= 0.3 is 0 Å². The van der Waals surface area contributed by atoms with E-state index in [4.69, 9.17) is 17.3 Å². The van der Waals surface area contributed by atoms with Crippen LogP contribution >= 0.6 is 27.5 Å². The second-order valence-electron chi connectivity index (χ2n) is 5.83. The Morgan fingerprint density at radius 1 is 1.44 bits per heavy atom. The fourth-order valence-corrected chi connectivity index (χ4v) is 3.18. The number of primary amides is 1. The maximum Gasteiger partial charge on any atom is 0.250 e. The third kappa shape index (κ3) is 3.62. The Labute approximate surface area is 158 Å². The molecule has 2 heterocycles. The summed E-state index contributed by atoms with van der Waals surface area (Å²) >= 11 is 9.59. The molecular weight excluding hydrogens is 408 g/mol. The van der Waals surface area contributed by atoms with Crippen LogP contribution in [0.4, 0.5) is 11.5 Å². The third-order valence-electron chi connectivity index (χ3n) is 4.10. The smallest absolute Gasteiger partial charge is 0.250 e. The summed E-state index contributed by atoms with van der Waals surface area (Å²) in [5, 5.41) is 3.31. The summed E-state index contributed by atoms with van der Waals surface area (Å²) < 4.78 is 1.00. The van der Waals surface area contributed by atoms with Crippen LogP contribution in [0.2, 0.25) is 5.02 Å². The van der Waals surface area contributed by atoms with Gasteiger partial charge in [0.1, 0.15) is 11.9 Å². The van der Waals surface area contributed by atoms with Gasteiger partial charge in [-0.1, -0.05) is 27.5 Å². The lowest BCUT2D eigenvalue weighted by Gasteiger charge is -2.18. The van der Waals surface area contributed by atoms with E-state index >= 15 is 0 Å². The van der Waals surface area contributed by atoms with Crippen molar-refractivity contribution < 1.29 is 9.59 Å². The second kappa shape index (κ2) is 7.01. The van der Waals surface area contributed by atoms with Gasteiger partial charge in [-0.15, -0.1) is 0 Å². The standard InChI is InChI=1S/C17H16BrClN4O2/c1-9-6-11(2-3-12(9)18)23-5-4-14(17(23)25)22-16-13(19)7-10(8-21-16)15(20)24/h2-3,6-8,14H,4-5H2,1H3,(H2,20,24)(H,21,22). The normalized spacial score (nSPS) is 17.0. The first-order chi connectivity index (χ1) is 11.9. The number of hydrogen-bond donors (Lipinski definition) is 2. The van der Waals surface area contributed by atoms with Gasteiger partial charge in [0, 0.05) is 22.9 Å². The van der Waals surface area contributed by atoms with Crippen molar-refractivity contribution >= 4 is 50.9 Å². The van der Waals surface area contributed by atoms with Crippen LogP contribution in [0.5, 0.6) is 0 Å². The summed E-state index contributed by atoms with van der Waals surface area (Å²) in [6.45, 7) is 2.59. The number of rotatable bonds is 4. The molecule has 25 heavy (non-hydrogen) atoms. The molecule has 1 atom stereocenters. The molecule has 2 amide bonds.